The molecule has 0 spiro atoms. The Morgan fingerprint density at radius 2 is 2.00 bits per heavy atom. The monoisotopic (exact) mass is 147 g/mol. The number of nitrogen functional groups attached to an aromatic ring is 2. The summed E-state index contributed by atoms with van der Waals surface area (Å²) in [5.41, 5.74) is 5.69. The molecule has 0 saturated carbocycles. The zero-order valence-electron chi connectivity index (χ0n) is 5.57. The molecule has 0 amide bonds. The van der Waals surface area contributed by atoms with Crippen molar-refractivity contribution in [3.63, 3.8) is 0 Å². The van der Waals surface area contributed by atoms with Gasteiger partial charge in [0.1, 0.15) is 23.5 Å². The lowest BCUT2D eigenvalue weighted by Crippen LogP contribution is -2.10. The third-order valence-corrected chi connectivity index (χ3v) is 1.30. The fourth-order valence-corrected chi connectivity index (χ4v) is 0.743. The Morgan fingerprint density at radius 3 is 2.36 bits per heavy atom. The lowest BCUT2D eigenvalue weighted by Gasteiger charge is -1.92. The van der Waals surface area contributed by atoms with Crippen LogP contribution in [0, 0.1) is 22.7 Å². The lowest BCUT2D eigenvalue weighted by atomic mass is 10.2. The summed E-state index contributed by atoms with van der Waals surface area (Å²) in [4.78, 5) is 0. The number of anilines is 1. The van der Waals surface area contributed by atoms with Crippen LogP contribution in [0.1, 0.15) is 11.1 Å². The van der Waals surface area contributed by atoms with Crippen LogP contribution in [0.3, 0.4) is 0 Å². The minimum Gasteiger partial charge on any atom is -0.383 e. The lowest BCUT2D eigenvalue weighted by molar-refractivity contribution is 1.03. The van der Waals surface area contributed by atoms with Gasteiger partial charge >= 0.3 is 0 Å². The van der Waals surface area contributed by atoms with Crippen molar-refractivity contribution in [2.45, 2.75) is 0 Å². The third kappa shape index (κ3) is 0.846. The molecule has 1 rings (SSSR count). The summed E-state index contributed by atoms with van der Waals surface area (Å²) in [6, 6.07) is 3.59. The molecule has 54 valence electrons. The van der Waals surface area contributed by atoms with Crippen molar-refractivity contribution < 1.29 is 0 Å². The Kier molecular flexibility index (Phi) is 1.42. The molecule has 1 aromatic rings. The standard InChI is InChI=1S/C6H5N5/c7-1-4-3-11(10)6(9)5(4)2-8/h3H,9-10H2. The highest BCUT2D eigenvalue weighted by atomic mass is 15.3. The Morgan fingerprint density at radius 1 is 1.36 bits per heavy atom. The predicted molar refractivity (Wildman–Crippen MR) is 38.4 cm³/mol. The molecule has 0 aliphatic heterocycles. The SMILES string of the molecule is N#Cc1cn(N)c(N)c1C#N. The quantitative estimate of drug-likeness (QED) is 0.484. The number of rotatable bonds is 0. The summed E-state index contributed by atoms with van der Waals surface area (Å²) in [6.07, 6.45) is 1.31. The van der Waals surface area contributed by atoms with Gasteiger partial charge in [-0.05, 0) is 0 Å². The van der Waals surface area contributed by atoms with Crippen LogP contribution in [0.25, 0.3) is 0 Å². The van der Waals surface area contributed by atoms with Gasteiger partial charge in [0.25, 0.3) is 0 Å². The van der Waals surface area contributed by atoms with Crippen molar-refractivity contribution in [1.29, 1.82) is 10.5 Å². The van der Waals surface area contributed by atoms with E-state index in [0.717, 1.165) is 4.68 Å². The van der Waals surface area contributed by atoms with E-state index in [1.165, 1.54) is 6.20 Å². The molecule has 11 heavy (non-hydrogen) atoms. The predicted octanol–water partition coefficient (Wildman–Crippen LogP) is -0.473. The van der Waals surface area contributed by atoms with Gasteiger partial charge in [-0.25, -0.2) is 0 Å². The summed E-state index contributed by atoms with van der Waals surface area (Å²) >= 11 is 0. The van der Waals surface area contributed by atoms with Crippen LogP contribution in [0.5, 0.6) is 0 Å². The fourth-order valence-electron chi connectivity index (χ4n) is 0.743. The van der Waals surface area contributed by atoms with Crippen molar-refractivity contribution in [2.75, 3.05) is 11.6 Å². The maximum Gasteiger partial charge on any atom is 0.141 e. The molecular weight excluding hydrogens is 142 g/mol. The topological polar surface area (TPSA) is 105 Å². The second kappa shape index (κ2) is 2.24. The first kappa shape index (κ1) is 6.97. The van der Waals surface area contributed by atoms with Gasteiger partial charge in [0, 0.05) is 6.20 Å². The molecule has 1 aromatic heterocycles. The molecule has 4 N–H and O–H groups in total. The van der Waals surface area contributed by atoms with E-state index in [0.29, 0.717) is 0 Å². The van der Waals surface area contributed by atoms with Crippen LogP contribution in [-0.2, 0) is 0 Å². The normalized spacial score (nSPS) is 8.55. The van der Waals surface area contributed by atoms with E-state index < -0.39 is 0 Å². The van der Waals surface area contributed by atoms with Crippen molar-refractivity contribution >= 4 is 5.82 Å². The average Bonchev–Trinajstić information content (AvgIpc) is 2.28. The van der Waals surface area contributed by atoms with E-state index in [4.69, 9.17) is 22.1 Å². The van der Waals surface area contributed by atoms with E-state index in [1.807, 2.05) is 0 Å². The second-order valence-electron chi connectivity index (χ2n) is 1.93. The number of nitrogens with zero attached hydrogens (tertiary/aromatic N) is 3. The van der Waals surface area contributed by atoms with Gasteiger partial charge in [0.05, 0.1) is 5.56 Å². The molecule has 0 aliphatic carbocycles. The Balaban J connectivity index is 3.45. The van der Waals surface area contributed by atoms with Gasteiger partial charge in [-0.3, -0.25) is 4.68 Å². The van der Waals surface area contributed by atoms with Crippen LogP contribution in [0.4, 0.5) is 5.82 Å². The summed E-state index contributed by atoms with van der Waals surface area (Å²) in [7, 11) is 0. The molecule has 0 saturated heterocycles. The van der Waals surface area contributed by atoms with Crippen LogP contribution >= 0.6 is 0 Å². The van der Waals surface area contributed by atoms with E-state index in [9.17, 15) is 0 Å². The van der Waals surface area contributed by atoms with Gasteiger partial charge in [0.15, 0.2) is 0 Å². The van der Waals surface area contributed by atoms with Crippen molar-refractivity contribution in [3.05, 3.63) is 17.3 Å². The van der Waals surface area contributed by atoms with Gasteiger partial charge in [-0.2, -0.15) is 10.5 Å². The van der Waals surface area contributed by atoms with E-state index in [2.05, 4.69) is 0 Å². The highest BCUT2D eigenvalue weighted by Crippen LogP contribution is 2.14. The highest BCUT2D eigenvalue weighted by molar-refractivity contribution is 5.59. The van der Waals surface area contributed by atoms with Gasteiger partial charge < -0.3 is 11.6 Å². The van der Waals surface area contributed by atoms with Gasteiger partial charge in [-0.15, -0.1) is 0 Å². The number of hydrogen-bond donors (Lipinski definition) is 2. The van der Waals surface area contributed by atoms with Crippen LogP contribution in [0.15, 0.2) is 6.20 Å². The number of nitriles is 2. The molecule has 0 bridgehead atoms. The summed E-state index contributed by atoms with van der Waals surface area (Å²) in [5.74, 6) is 5.40. The summed E-state index contributed by atoms with van der Waals surface area (Å²) < 4.78 is 1.05. The summed E-state index contributed by atoms with van der Waals surface area (Å²) in [6.45, 7) is 0. The summed E-state index contributed by atoms with van der Waals surface area (Å²) in [5, 5.41) is 17.0. The number of hydrogen-bond acceptors (Lipinski definition) is 4. The molecule has 0 aromatic carbocycles. The number of aromatic nitrogens is 1. The van der Waals surface area contributed by atoms with Crippen molar-refractivity contribution in [2.24, 2.45) is 0 Å². The Bertz CT molecular complexity index is 362. The zero-order chi connectivity index (χ0) is 8.43. The maximum atomic E-state index is 8.49. The third-order valence-electron chi connectivity index (χ3n) is 1.30. The first-order valence-electron chi connectivity index (χ1n) is 2.76. The molecule has 0 aliphatic rings. The zero-order valence-corrected chi connectivity index (χ0v) is 5.57. The largest absolute Gasteiger partial charge is 0.383 e. The molecule has 0 atom stereocenters. The first-order chi connectivity index (χ1) is 5.20. The minimum absolute atomic E-state index is 0.115. The minimum atomic E-state index is 0.115. The van der Waals surface area contributed by atoms with Crippen LogP contribution in [0.2, 0.25) is 0 Å². The van der Waals surface area contributed by atoms with Crippen LogP contribution in [-0.4, -0.2) is 4.68 Å². The second-order valence-corrected chi connectivity index (χ2v) is 1.93. The van der Waals surface area contributed by atoms with E-state index >= 15 is 0 Å². The molecule has 5 heteroatoms. The first-order valence-corrected chi connectivity index (χ1v) is 2.76. The maximum absolute atomic E-state index is 8.49. The molecule has 5 nitrogen and oxygen atoms in total. The molecular formula is C6H5N5. The van der Waals surface area contributed by atoms with Gasteiger partial charge in [-0.1, -0.05) is 0 Å². The fraction of sp³-hybridized carbons (Fsp3) is 0. The van der Waals surface area contributed by atoms with Gasteiger partial charge in [0.2, 0.25) is 0 Å². The molecule has 1 heterocycles. The molecule has 0 radical (unpaired) electrons. The highest BCUT2D eigenvalue weighted by Gasteiger charge is 2.10. The van der Waals surface area contributed by atoms with E-state index in [1.54, 1.807) is 12.1 Å². The van der Waals surface area contributed by atoms with Crippen LogP contribution < -0.4 is 11.6 Å². The Hall–Kier alpha value is -2.14. The average molecular weight is 147 g/mol. The van der Waals surface area contributed by atoms with Crippen molar-refractivity contribution in [3.8, 4) is 12.1 Å². The molecule has 0 unspecified atom stereocenters. The smallest absolute Gasteiger partial charge is 0.141 e. The van der Waals surface area contributed by atoms with Crippen molar-refractivity contribution in [1.82, 2.24) is 4.68 Å². The van der Waals surface area contributed by atoms with E-state index in [-0.39, 0.29) is 16.9 Å². The molecule has 0 fully saturated rings. The Labute approximate surface area is 63.0 Å². The number of nitrogens with two attached hydrogens (primary N) is 2.